The quantitative estimate of drug-likeness (QED) is 0.446. The number of anilines is 1. The molecule has 1 aliphatic heterocycles. The highest BCUT2D eigenvalue weighted by Crippen LogP contribution is 2.45. The Bertz CT molecular complexity index is 801. The van der Waals surface area contributed by atoms with E-state index in [1.54, 1.807) is 0 Å². The van der Waals surface area contributed by atoms with E-state index in [1.807, 2.05) is 0 Å². The summed E-state index contributed by atoms with van der Waals surface area (Å²) >= 11 is 0. The molecule has 0 saturated carbocycles. The number of nitrogens with zero attached hydrogens (tertiary/aromatic N) is 2. The number of hydrogen-bond acceptors (Lipinski definition) is 1. The fourth-order valence-corrected chi connectivity index (χ4v) is 5.67. The minimum Gasteiger partial charge on any atom is -0.255 e. The molecule has 0 radical (unpaired) electrons. The van der Waals surface area contributed by atoms with Gasteiger partial charge < -0.3 is 0 Å². The predicted molar refractivity (Wildman–Crippen MR) is 139 cm³/mol. The zero-order valence-electron chi connectivity index (χ0n) is 23.4. The van der Waals surface area contributed by atoms with Crippen LogP contribution in [0, 0.1) is 11.3 Å². The third-order valence-electron chi connectivity index (χ3n) is 6.82. The van der Waals surface area contributed by atoms with Crippen molar-refractivity contribution >= 4 is 11.5 Å². The van der Waals surface area contributed by atoms with Crippen LogP contribution in [0.15, 0.2) is 18.2 Å². The van der Waals surface area contributed by atoms with Crippen molar-refractivity contribution in [1.82, 2.24) is 0 Å². The van der Waals surface area contributed by atoms with Crippen LogP contribution in [0.3, 0.4) is 0 Å². The van der Waals surface area contributed by atoms with Crippen molar-refractivity contribution in [2.45, 2.75) is 132 Å². The molecule has 2 nitrogen and oxygen atoms in total. The van der Waals surface area contributed by atoms with Crippen molar-refractivity contribution in [3.05, 3.63) is 29.3 Å². The topological polar surface area (TPSA) is 6.25 Å². The maximum absolute atomic E-state index is 2.73. The molecule has 0 aromatic heterocycles. The second kappa shape index (κ2) is 7.92. The van der Waals surface area contributed by atoms with Crippen molar-refractivity contribution in [2.75, 3.05) is 4.90 Å². The van der Waals surface area contributed by atoms with Crippen molar-refractivity contribution in [1.29, 1.82) is 0 Å². The fourth-order valence-electron chi connectivity index (χ4n) is 5.67. The van der Waals surface area contributed by atoms with E-state index in [9.17, 15) is 0 Å². The van der Waals surface area contributed by atoms with E-state index in [4.69, 9.17) is 0 Å². The van der Waals surface area contributed by atoms with Gasteiger partial charge in [-0.05, 0) is 61.8 Å². The first-order valence-electron chi connectivity index (χ1n) is 12.3. The Morgan fingerprint density at radius 3 is 1.48 bits per heavy atom. The van der Waals surface area contributed by atoms with E-state index in [0.717, 1.165) is 0 Å². The summed E-state index contributed by atoms with van der Waals surface area (Å²) in [5, 5.41) is 0. The highest BCUT2D eigenvalue weighted by atomic mass is 15.4. The molecule has 1 aromatic carbocycles. The summed E-state index contributed by atoms with van der Waals surface area (Å²) in [6.07, 6.45) is 0. The van der Waals surface area contributed by atoms with E-state index < -0.39 is 0 Å². The van der Waals surface area contributed by atoms with E-state index in [-0.39, 0.29) is 21.8 Å². The molecule has 1 atom stereocenters. The van der Waals surface area contributed by atoms with Crippen LogP contribution in [0.2, 0.25) is 0 Å². The summed E-state index contributed by atoms with van der Waals surface area (Å²) in [4.78, 5) is 2.69. The molecule has 1 heterocycles. The third-order valence-corrected chi connectivity index (χ3v) is 6.82. The summed E-state index contributed by atoms with van der Waals surface area (Å²) in [5.74, 6) is 1.91. The zero-order chi connectivity index (χ0) is 24.3. The minimum atomic E-state index is -0.0201. The van der Waals surface area contributed by atoms with E-state index in [2.05, 4.69) is 132 Å². The van der Waals surface area contributed by atoms with Crippen LogP contribution in [0.4, 0.5) is 5.69 Å². The summed E-state index contributed by atoms with van der Waals surface area (Å²) < 4.78 is 2.73. The lowest BCUT2D eigenvalue weighted by Crippen LogP contribution is -2.55. The largest absolute Gasteiger partial charge is 0.255 e. The Labute approximate surface area is 194 Å². The molecule has 0 N–H and O–H groups in total. The third kappa shape index (κ3) is 4.88. The molecule has 1 aliphatic rings. The van der Waals surface area contributed by atoms with E-state index >= 15 is 0 Å². The monoisotopic (exact) mass is 427 g/mol. The van der Waals surface area contributed by atoms with Crippen molar-refractivity contribution in [3.63, 3.8) is 0 Å². The van der Waals surface area contributed by atoms with Crippen LogP contribution < -0.4 is 4.90 Å². The standard InChI is InChI=1S/C29H51N2/c1-19(2)24-30(20(3)4)25(28(11,12)13)29(14,15)31(24)23-17-21(26(5,6)7)16-22(18-23)27(8,9)10/h16-20,25H,1-15H3/q+1/t25-/m1/s1. The van der Waals surface area contributed by atoms with Crippen LogP contribution in [0.25, 0.3) is 0 Å². The van der Waals surface area contributed by atoms with Crippen LogP contribution in [0.1, 0.15) is 115 Å². The van der Waals surface area contributed by atoms with Gasteiger partial charge in [0.1, 0.15) is 17.3 Å². The molecule has 176 valence electrons. The Kier molecular flexibility index (Phi) is 6.63. The molecule has 1 aromatic rings. The Balaban J connectivity index is 2.93. The van der Waals surface area contributed by atoms with Gasteiger partial charge in [0.05, 0.1) is 12.0 Å². The first-order valence-corrected chi connectivity index (χ1v) is 12.3. The Morgan fingerprint density at radius 1 is 0.774 bits per heavy atom. The van der Waals surface area contributed by atoms with Gasteiger partial charge in [-0.15, -0.1) is 0 Å². The smallest absolute Gasteiger partial charge is 0.255 e. The average Bonchev–Trinajstić information content (AvgIpc) is 2.80. The molecular weight excluding hydrogens is 376 g/mol. The summed E-state index contributed by atoms with van der Waals surface area (Å²) in [7, 11) is 0. The molecule has 0 spiro atoms. The minimum absolute atomic E-state index is 0.0201. The van der Waals surface area contributed by atoms with Gasteiger partial charge in [0.2, 0.25) is 0 Å². The molecule has 0 unspecified atom stereocenters. The van der Waals surface area contributed by atoms with Crippen molar-refractivity contribution in [3.8, 4) is 0 Å². The SMILES string of the molecule is CC(C)C1=[N+](C(C)C)[C@H](C(C)(C)C)C(C)(C)N1c1cc(C(C)(C)C)cc(C(C)(C)C)c1. The molecule has 0 amide bonds. The lowest BCUT2D eigenvalue weighted by atomic mass is 9.75. The highest BCUT2D eigenvalue weighted by Gasteiger charge is 2.60. The van der Waals surface area contributed by atoms with Crippen LogP contribution in [-0.4, -0.2) is 28.0 Å². The molecule has 2 rings (SSSR count). The molecule has 0 fully saturated rings. The van der Waals surface area contributed by atoms with Crippen molar-refractivity contribution in [2.24, 2.45) is 11.3 Å². The molecular formula is C29H51N2+. The highest BCUT2D eigenvalue weighted by molar-refractivity contribution is 5.98. The normalized spacial score (nSPS) is 20.4. The van der Waals surface area contributed by atoms with Gasteiger partial charge >= 0.3 is 0 Å². The second-order valence-corrected chi connectivity index (χ2v) is 14.0. The summed E-state index contributed by atoms with van der Waals surface area (Å²) in [6.45, 7) is 35.5. The maximum Gasteiger partial charge on any atom is 0.255 e. The number of rotatable bonds is 3. The van der Waals surface area contributed by atoms with Gasteiger partial charge in [0, 0.05) is 5.41 Å². The summed E-state index contributed by atoms with van der Waals surface area (Å²) in [5.41, 5.74) is 4.56. The molecule has 2 heteroatoms. The maximum atomic E-state index is 2.73. The van der Waals surface area contributed by atoms with Gasteiger partial charge in [-0.3, -0.25) is 4.58 Å². The average molecular weight is 428 g/mol. The zero-order valence-corrected chi connectivity index (χ0v) is 23.4. The summed E-state index contributed by atoms with van der Waals surface area (Å²) in [6, 6.07) is 8.24. The van der Waals surface area contributed by atoms with Gasteiger partial charge in [-0.1, -0.05) is 82.2 Å². The fraction of sp³-hybridized carbons (Fsp3) is 0.759. The predicted octanol–water partition coefficient (Wildman–Crippen LogP) is 7.77. The molecule has 0 aliphatic carbocycles. The lowest BCUT2D eigenvalue weighted by Gasteiger charge is -2.39. The van der Waals surface area contributed by atoms with Crippen LogP contribution in [-0.2, 0) is 10.8 Å². The van der Waals surface area contributed by atoms with E-state index in [0.29, 0.717) is 18.0 Å². The first-order chi connectivity index (χ1) is 13.7. The first kappa shape index (κ1) is 25.9. The van der Waals surface area contributed by atoms with Gasteiger partial charge in [-0.2, -0.15) is 0 Å². The lowest BCUT2D eigenvalue weighted by molar-refractivity contribution is -0.608. The number of amidine groups is 1. The Hall–Kier alpha value is -1.31. The van der Waals surface area contributed by atoms with Gasteiger partial charge in [0.15, 0.2) is 0 Å². The number of hydrogen-bond donors (Lipinski definition) is 0. The molecule has 31 heavy (non-hydrogen) atoms. The van der Waals surface area contributed by atoms with Crippen LogP contribution >= 0.6 is 0 Å². The number of benzene rings is 1. The van der Waals surface area contributed by atoms with Gasteiger partial charge in [-0.25, -0.2) is 4.90 Å². The van der Waals surface area contributed by atoms with Gasteiger partial charge in [0.25, 0.3) is 5.84 Å². The second-order valence-electron chi connectivity index (χ2n) is 14.0. The molecule has 0 bridgehead atoms. The van der Waals surface area contributed by atoms with Crippen molar-refractivity contribution < 1.29 is 4.58 Å². The Morgan fingerprint density at radius 2 is 1.19 bits per heavy atom. The molecule has 0 saturated heterocycles. The van der Waals surface area contributed by atoms with E-state index in [1.165, 1.54) is 22.6 Å². The van der Waals surface area contributed by atoms with Crippen LogP contribution in [0.5, 0.6) is 0 Å².